The lowest BCUT2D eigenvalue weighted by Gasteiger charge is -2.09. The van der Waals surface area contributed by atoms with Crippen LogP contribution in [0, 0.1) is 5.82 Å². The number of ether oxygens (including phenoxy) is 1. The summed E-state index contributed by atoms with van der Waals surface area (Å²) in [7, 11) is 1.35. The molecule has 0 bridgehead atoms. The highest BCUT2D eigenvalue weighted by atomic mass is 79.9. The molecule has 122 valence electrons. The van der Waals surface area contributed by atoms with Crippen LogP contribution < -0.4 is 0 Å². The van der Waals surface area contributed by atoms with Gasteiger partial charge in [0.05, 0.1) is 12.7 Å². The number of imidazole rings is 1. The van der Waals surface area contributed by atoms with Crippen LogP contribution in [0.15, 0.2) is 59.3 Å². The summed E-state index contributed by atoms with van der Waals surface area (Å²) < 4.78 is 20.9. The van der Waals surface area contributed by atoms with Crippen LogP contribution >= 0.6 is 15.9 Å². The fourth-order valence-electron chi connectivity index (χ4n) is 2.44. The predicted molar refractivity (Wildman–Crippen MR) is 92.2 cm³/mol. The van der Waals surface area contributed by atoms with Gasteiger partial charge in [0, 0.05) is 29.0 Å². The van der Waals surface area contributed by atoms with E-state index in [1.54, 1.807) is 18.3 Å². The molecule has 0 saturated carbocycles. The van der Waals surface area contributed by atoms with Crippen molar-refractivity contribution in [2.24, 2.45) is 0 Å². The molecule has 6 heteroatoms. The fourth-order valence-corrected chi connectivity index (χ4v) is 2.91. The van der Waals surface area contributed by atoms with E-state index in [-0.39, 0.29) is 11.8 Å². The van der Waals surface area contributed by atoms with Gasteiger partial charge in [-0.1, -0.05) is 28.1 Å². The number of methoxy groups -OCH3 is 1. The summed E-state index contributed by atoms with van der Waals surface area (Å²) in [6.07, 6.45) is 3.51. The summed E-state index contributed by atoms with van der Waals surface area (Å²) in [5.74, 6) is -0.0157. The number of hydrogen-bond donors (Lipinski definition) is 0. The van der Waals surface area contributed by atoms with Crippen molar-refractivity contribution in [2.45, 2.75) is 6.54 Å². The van der Waals surface area contributed by atoms with Crippen molar-refractivity contribution < 1.29 is 13.9 Å². The van der Waals surface area contributed by atoms with Gasteiger partial charge in [-0.2, -0.15) is 0 Å². The van der Waals surface area contributed by atoms with Crippen LogP contribution in [0.3, 0.4) is 0 Å². The smallest absolute Gasteiger partial charge is 0.337 e. The third-order valence-corrected chi connectivity index (χ3v) is 4.02. The zero-order valence-corrected chi connectivity index (χ0v) is 14.5. The number of carbonyl (C=O) groups excluding carboxylic acids is 1. The van der Waals surface area contributed by atoms with Crippen molar-refractivity contribution in [1.29, 1.82) is 0 Å². The maximum atomic E-state index is 13.6. The van der Waals surface area contributed by atoms with Gasteiger partial charge in [0.1, 0.15) is 11.6 Å². The summed E-state index contributed by atoms with van der Waals surface area (Å²) >= 11 is 3.30. The van der Waals surface area contributed by atoms with Crippen LogP contribution in [0.5, 0.6) is 0 Å². The SMILES string of the molecule is COC(=O)c1ccc(Cn2ccnc2-c2cc(F)cc(Br)c2)cc1. The van der Waals surface area contributed by atoms with Crippen LogP contribution in [0.4, 0.5) is 4.39 Å². The summed E-state index contributed by atoms with van der Waals surface area (Å²) in [4.78, 5) is 15.8. The van der Waals surface area contributed by atoms with Crippen LogP contribution in [-0.4, -0.2) is 22.6 Å². The molecular formula is C18H14BrFN2O2. The maximum Gasteiger partial charge on any atom is 0.337 e. The molecular weight excluding hydrogens is 375 g/mol. The average molecular weight is 389 g/mol. The third-order valence-electron chi connectivity index (χ3n) is 3.56. The summed E-state index contributed by atoms with van der Waals surface area (Å²) in [5.41, 5.74) is 2.19. The molecule has 0 unspecified atom stereocenters. The normalized spacial score (nSPS) is 10.6. The highest BCUT2D eigenvalue weighted by molar-refractivity contribution is 9.10. The number of rotatable bonds is 4. The zero-order chi connectivity index (χ0) is 17.1. The summed E-state index contributed by atoms with van der Waals surface area (Å²) in [6.45, 7) is 0.560. The van der Waals surface area contributed by atoms with Crippen LogP contribution in [0.25, 0.3) is 11.4 Å². The van der Waals surface area contributed by atoms with E-state index in [1.807, 2.05) is 29.0 Å². The molecule has 0 N–H and O–H groups in total. The van der Waals surface area contributed by atoms with Crippen molar-refractivity contribution in [3.8, 4) is 11.4 Å². The predicted octanol–water partition coefficient (Wildman–Crippen LogP) is 4.29. The monoisotopic (exact) mass is 388 g/mol. The van der Waals surface area contributed by atoms with Crippen LogP contribution in [-0.2, 0) is 11.3 Å². The molecule has 1 aromatic heterocycles. The highest BCUT2D eigenvalue weighted by Crippen LogP contribution is 2.24. The van der Waals surface area contributed by atoms with E-state index in [2.05, 4.69) is 25.7 Å². The molecule has 0 spiro atoms. The molecule has 0 aliphatic heterocycles. The van der Waals surface area contributed by atoms with Gasteiger partial charge in [-0.25, -0.2) is 14.2 Å². The van der Waals surface area contributed by atoms with Crippen molar-refractivity contribution in [3.63, 3.8) is 0 Å². The molecule has 0 radical (unpaired) electrons. The van der Waals surface area contributed by atoms with Gasteiger partial charge in [-0.15, -0.1) is 0 Å². The molecule has 0 saturated heterocycles. The number of benzene rings is 2. The summed E-state index contributed by atoms with van der Waals surface area (Å²) in [5, 5.41) is 0. The minimum absolute atomic E-state index is 0.323. The van der Waals surface area contributed by atoms with Crippen LogP contribution in [0.1, 0.15) is 15.9 Å². The Hall–Kier alpha value is -2.47. The molecule has 0 atom stereocenters. The highest BCUT2D eigenvalue weighted by Gasteiger charge is 2.10. The number of carbonyl (C=O) groups is 1. The minimum Gasteiger partial charge on any atom is -0.465 e. The average Bonchev–Trinajstić information content (AvgIpc) is 3.02. The molecule has 1 heterocycles. The Bertz CT molecular complexity index is 855. The standard InChI is InChI=1S/C18H14BrFN2O2/c1-24-18(23)13-4-2-12(3-5-13)11-22-7-6-21-17(22)14-8-15(19)10-16(20)9-14/h2-10H,11H2,1H3. The van der Waals surface area contributed by atoms with Crippen molar-refractivity contribution in [2.75, 3.05) is 7.11 Å². The molecule has 24 heavy (non-hydrogen) atoms. The number of aromatic nitrogens is 2. The molecule has 3 aromatic rings. The van der Waals surface area contributed by atoms with Gasteiger partial charge in [-0.3, -0.25) is 0 Å². The van der Waals surface area contributed by atoms with E-state index in [9.17, 15) is 9.18 Å². The van der Waals surface area contributed by atoms with E-state index in [4.69, 9.17) is 0 Å². The van der Waals surface area contributed by atoms with E-state index in [0.29, 0.717) is 28.0 Å². The maximum absolute atomic E-state index is 13.6. The molecule has 2 aromatic carbocycles. The molecule has 3 rings (SSSR count). The number of esters is 1. The van der Waals surface area contributed by atoms with Crippen molar-refractivity contribution in [1.82, 2.24) is 9.55 Å². The van der Waals surface area contributed by atoms with E-state index < -0.39 is 0 Å². The van der Waals surface area contributed by atoms with E-state index in [1.165, 1.54) is 19.2 Å². The first-order valence-electron chi connectivity index (χ1n) is 7.21. The Morgan fingerprint density at radius 1 is 1.25 bits per heavy atom. The number of hydrogen-bond acceptors (Lipinski definition) is 3. The molecule has 0 amide bonds. The Labute approximate surface area is 147 Å². The lowest BCUT2D eigenvalue weighted by molar-refractivity contribution is 0.0600. The Morgan fingerprint density at radius 3 is 2.67 bits per heavy atom. The second-order valence-corrected chi connectivity index (χ2v) is 6.14. The van der Waals surface area contributed by atoms with Gasteiger partial charge < -0.3 is 9.30 Å². The third kappa shape index (κ3) is 3.54. The van der Waals surface area contributed by atoms with Gasteiger partial charge in [0.2, 0.25) is 0 Å². The molecule has 0 aliphatic rings. The Balaban J connectivity index is 1.87. The van der Waals surface area contributed by atoms with Crippen molar-refractivity contribution in [3.05, 3.63) is 76.3 Å². The number of nitrogens with zero attached hydrogens (tertiary/aromatic N) is 2. The topological polar surface area (TPSA) is 44.1 Å². The Morgan fingerprint density at radius 2 is 2.00 bits per heavy atom. The summed E-state index contributed by atoms with van der Waals surface area (Å²) in [6, 6.07) is 11.8. The van der Waals surface area contributed by atoms with Gasteiger partial charge >= 0.3 is 5.97 Å². The first kappa shape index (κ1) is 16.4. The largest absolute Gasteiger partial charge is 0.465 e. The van der Waals surface area contributed by atoms with Gasteiger partial charge in [0.15, 0.2) is 0 Å². The lowest BCUT2D eigenvalue weighted by atomic mass is 10.1. The van der Waals surface area contributed by atoms with Crippen LogP contribution in [0.2, 0.25) is 0 Å². The minimum atomic E-state index is -0.366. The second kappa shape index (κ2) is 6.97. The Kier molecular flexibility index (Phi) is 4.76. The van der Waals surface area contributed by atoms with Gasteiger partial charge in [0.25, 0.3) is 0 Å². The second-order valence-electron chi connectivity index (χ2n) is 5.23. The van der Waals surface area contributed by atoms with E-state index >= 15 is 0 Å². The quantitative estimate of drug-likeness (QED) is 0.626. The zero-order valence-electron chi connectivity index (χ0n) is 12.9. The molecule has 0 aliphatic carbocycles. The lowest BCUT2D eigenvalue weighted by Crippen LogP contribution is -2.04. The molecule has 0 fully saturated rings. The number of halogens is 2. The molecule has 4 nitrogen and oxygen atoms in total. The van der Waals surface area contributed by atoms with Crippen molar-refractivity contribution >= 4 is 21.9 Å². The fraction of sp³-hybridized carbons (Fsp3) is 0.111. The van der Waals surface area contributed by atoms with E-state index in [0.717, 1.165) is 5.56 Å². The first-order valence-corrected chi connectivity index (χ1v) is 8.01. The van der Waals surface area contributed by atoms with Gasteiger partial charge in [-0.05, 0) is 35.9 Å². The first-order chi connectivity index (χ1) is 11.6.